The molecule has 0 saturated carbocycles. The maximum atomic E-state index is 12.3. The van der Waals surface area contributed by atoms with Crippen molar-refractivity contribution in [3.63, 3.8) is 0 Å². The number of benzene rings is 1. The van der Waals surface area contributed by atoms with Gasteiger partial charge in [-0.3, -0.25) is 0 Å². The van der Waals surface area contributed by atoms with E-state index in [1.807, 2.05) is 13.8 Å². The van der Waals surface area contributed by atoms with Crippen molar-refractivity contribution in [1.82, 2.24) is 0 Å². The molecule has 21 heavy (non-hydrogen) atoms. The number of rotatable bonds is 5. The molecule has 1 heterocycles. The molecule has 1 N–H and O–H groups in total. The van der Waals surface area contributed by atoms with Gasteiger partial charge in [-0.15, -0.1) is 0 Å². The third kappa shape index (κ3) is 3.52. The average molecular weight is 308 g/mol. The number of carboxylic acid groups (broad SMARTS) is 1. The summed E-state index contributed by atoms with van der Waals surface area (Å²) in [6.45, 7) is 4.06. The summed E-state index contributed by atoms with van der Waals surface area (Å²) in [6.07, 6.45) is 0. The van der Waals surface area contributed by atoms with Gasteiger partial charge in [0.15, 0.2) is 9.84 Å². The molecule has 0 aliphatic carbocycles. The lowest BCUT2D eigenvalue weighted by atomic mass is 10.0. The number of aromatic carboxylic acids is 1. The molecule has 0 unspecified atom stereocenters. The fraction of sp³-hybridized carbons (Fsp3) is 0.267. The summed E-state index contributed by atoms with van der Waals surface area (Å²) in [4.78, 5) is 10.9. The molecule has 0 aliphatic heterocycles. The van der Waals surface area contributed by atoms with E-state index in [2.05, 4.69) is 0 Å². The van der Waals surface area contributed by atoms with Crippen LogP contribution in [-0.4, -0.2) is 19.5 Å². The van der Waals surface area contributed by atoms with Crippen LogP contribution in [0.15, 0.2) is 45.7 Å². The molecule has 0 amide bonds. The smallest absolute Gasteiger partial charge is 0.371 e. The number of carbonyl (C=O) groups is 1. The van der Waals surface area contributed by atoms with E-state index in [9.17, 15) is 13.2 Å². The predicted octanol–water partition coefficient (Wildman–Crippen LogP) is 3.08. The highest BCUT2D eigenvalue weighted by atomic mass is 32.2. The van der Waals surface area contributed by atoms with E-state index >= 15 is 0 Å². The van der Waals surface area contributed by atoms with E-state index in [4.69, 9.17) is 9.52 Å². The first-order valence-electron chi connectivity index (χ1n) is 6.44. The maximum absolute atomic E-state index is 12.3. The van der Waals surface area contributed by atoms with Gasteiger partial charge in [-0.05, 0) is 35.7 Å². The van der Waals surface area contributed by atoms with E-state index < -0.39 is 15.8 Å². The highest BCUT2D eigenvalue weighted by Gasteiger charge is 2.19. The molecule has 0 fully saturated rings. The summed E-state index contributed by atoms with van der Waals surface area (Å²) < 4.78 is 29.5. The Morgan fingerprint density at radius 2 is 1.76 bits per heavy atom. The quantitative estimate of drug-likeness (QED) is 0.917. The van der Waals surface area contributed by atoms with E-state index in [0.717, 1.165) is 5.56 Å². The lowest BCUT2D eigenvalue weighted by molar-refractivity contribution is 0.0660. The second-order valence-corrected chi connectivity index (χ2v) is 7.04. The Kier molecular flexibility index (Phi) is 4.18. The first kappa shape index (κ1) is 15.3. The fourth-order valence-electron chi connectivity index (χ4n) is 1.90. The number of sulfone groups is 1. The second-order valence-electron chi connectivity index (χ2n) is 5.05. The van der Waals surface area contributed by atoms with Crippen molar-refractivity contribution in [2.24, 2.45) is 0 Å². The Balaban J connectivity index is 2.22. The predicted molar refractivity (Wildman–Crippen MR) is 77.1 cm³/mol. The molecule has 6 heteroatoms. The van der Waals surface area contributed by atoms with Crippen LogP contribution in [0.25, 0.3) is 0 Å². The summed E-state index contributed by atoms with van der Waals surface area (Å²) in [5, 5.41) is 8.75. The molecule has 5 nitrogen and oxygen atoms in total. The number of hydrogen-bond donors (Lipinski definition) is 1. The zero-order chi connectivity index (χ0) is 15.6. The molecule has 0 saturated heterocycles. The van der Waals surface area contributed by atoms with E-state index in [1.54, 1.807) is 24.3 Å². The molecule has 1 aromatic heterocycles. The molecule has 112 valence electrons. The monoisotopic (exact) mass is 308 g/mol. The molecule has 1 aromatic carbocycles. The lowest BCUT2D eigenvalue weighted by Crippen LogP contribution is -2.04. The second kappa shape index (κ2) is 5.73. The summed E-state index contributed by atoms with van der Waals surface area (Å²) in [5.74, 6) is -1.41. The minimum absolute atomic E-state index is 0.111. The number of carboxylic acids is 1. The fourth-order valence-corrected chi connectivity index (χ4v) is 3.15. The van der Waals surface area contributed by atoms with Gasteiger partial charge in [-0.25, -0.2) is 13.2 Å². The molecule has 0 spiro atoms. The summed E-state index contributed by atoms with van der Waals surface area (Å²) in [6, 6.07) is 9.29. The van der Waals surface area contributed by atoms with E-state index in [0.29, 0.717) is 5.92 Å². The zero-order valence-corrected chi connectivity index (χ0v) is 12.6. The normalized spacial score (nSPS) is 11.8. The minimum atomic E-state index is -3.55. The number of hydrogen-bond acceptors (Lipinski definition) is 4. The molecule has 2 aromatic rings. The number of furan rings is 1. The van der Waals surface area contributed by atoms with Crippen LogP contribution in [-0.2, 0) is 15.6 Å². The standard InChI is InChI=1S/C15H16O5S/c1-10(2)11-3-6-13(7-4-11)21(18,19)9-12-5-8-14(20-12)15(16)17/h3-8,10H,9H2,1-2H3,(H,16,17). The summed E-state index contributed by atoms with van der Waals surface area (Å²) in [7, 11) is -3.55. The summed E-state index contributed by atoms with van der Waals surface area (Å²) in [5.41, 5.74) is 1.06. The first-order chi connectivity index (χ1) is 9.79. The molecular weight excluding hydrogens is 292 g/mol. The Bertz CT molecular complexity index is 739. The van der Waals surface area contributed by atoms with Crippen LogP contribution < -0.4 is 0 Å². The van der Waals surface area contributed by atoms with E-state index in [-0.39, 0.29) is 22.2 Å². The van der Waals surface area contributed by atoms with Crippen molar-refractivity contribution >= 4 is 15.8 Å². The molecule has 0 bridgehead atoms. The molecule has 0 radical (unpaired) electrons. The molecule has 2 rings (SSSR count). The van der Waals surface area contributed by atoms with Gasteiger partial charge in [-0.1, -0.05) is 26.0 Å². The molecular formula is C15H16O5S. The van der Waals surface area contributed by atoms with Crippen LogP contribution in [0.5, 0.6) is 0 Å². The molecule has 0 atom stereocenters. The molecule has 0 aliphatic rings. The van der Waals surface area contributed by atoms with Crippen molar-refractivity contribution in [3.8, 4) is 0 Å². The van der Waals surface area contributed by atoms with Gasteiger partial charge in [0.25, 0.3) is 0 Å². The largest absolute Gasteiger partial charge is 0.475 e. The van der Waals surface area contributed by atoms with Gasteiger partial charge in [-0.2, -0.15) is 0 Å². The first-order valence-corrected chi connectivity index (χ1v) is 8.09. The third-order valence-electron chi connectivity index (χ3n) is 3.11. The van der Waals surface area contributed by atoms with Gasteiger partial charge in [0.2, 0.25) is 5.76 Å². The third-order valence-corrected chi connectivity index (χ3v) is 4.77. The topological polar surface area (TPSA) is 84.6 Å². The van der Waals surface area contributed by atoms with Crippen LogP contribution >= 0.6 is 0 Å². The van der Waals surface area contributed by atoms with E-state index in [1.165, 1.54) is 12.1 Å². The SMILES string of the molecule is CC(C)c1ccc(S(=O)(=O)Cc2ccc(C(=O)O)o2)cc1. The van der Waals surface area contributed by atoms with Crippen molar-refractivity contribution in [3.05, 3.63) is 53.5 Å². The Hall–Kier alpha value is -2.08. The minimum Gasteiger partial charge on any atom is -0.475 e. The van der Waals surface area contributed by atoms with Crippen molar-refractivity contribution in [2.75, 3.05) is 0 Å². The van der Waals surface area contributed by atoms with Gasteiger partial charge in [0, 0.05) is 0 Å². The van der Waals surface area contributed by atoms with Crippen molar-refractivity contribution in [2.45, 2.75) is 30.4 Å². The Morgan fingerprint density at radius 3 is 2.24 bits per heavy atom. The van der Waals surface area contributed by atoms with Gasteiger partial charge >= 0.3 is 5.97 Å². The Morgan fingerprint density at radius 1 is 1.14 bits per heavy atom. The van der Waals surface area contributed by atoms with Gasteiger partial charge < -0.3 is 9.52 Å². The summed E-state index contributed by atoms with van der Waals surface area (Å²) >= 11 is 0. The Labute approximate surface area is 123 Å². The van der Waals surface area contributed by atoms with Crippen LogP contribution in [0.3, 0.4) is 0 Å². The zero-order valence-electron chi connectivity index (χ0n) is 11.7. The van der Waals surface area contributed by atoms with Crippen LogP contribution in [0.2, 0.25) is 0 Å². The maximum Gasteiger partial charge on any atom is 0.371 e. The van der Waals surface area contributed by atoms with Gasteiger partial charge in [0.05, 0.1) is 4.90 Å². The average Bonchev–Trinajstić information content (AvgIpc) is 2.87. The van der Waals surface area contributed by atoms with Crippen molar-refractivity contribution in [1.29, 1.82) is 0 Å². The highest BCUT2D eigenvalue weighted by molar-refractivity contribution is 7.90. The van der Waals surface area contributed by atoms with Gasteiger partial charge in [0.1, 0.15) is 11.5 Å². The van der Waals surface area contributed by atoms with Crippen LogP contribution in [0.1, 0.15) is 41.6 Å². The van der Waals surface area contributed by atoms with Crippen LogP contribution in [0.4, 0.5) is 0 Å². The van der Waals surface area contributed by atoms with Crippen molar-refractivity contribution < 1.29 is 22.7 Å². The highest BCUT2D eigenvalue weighted by Crippen LogP contribution is 2.21. The lowest BCUT2D eigenvalue weighted by Gasteiger charge is -2.07. The van der Waals surface area contributed by atoms with Crippen LogP contribution in [0, 0.1) is 0 Å².